The molecule has 1 aromatic carbocycles. The maximum atomic E-state index is 13.1. The Morgan fingerprint density at radius 2 is 1.88 bits per heavy atom. The van der Waals surface area contributed by atoms with E-state index in [0.29, 0.717) is 13.1 Å². The number of aryl methyl sites for hydroxylation is 1. The number of hydrogen-bond donors (Lipinski definition) is 0. The Labute approximate surface area is 159 Å². The Hall–Kier alpha value is -2.46. The van der Waals surface area contributed by atoms with Gasteiger partial charge in [-0.1, -0.05) is 37.6 Å². The van der Waals surface area contributed by atoms with Gasteiger partial charge in [-0.2, -0.15) is 0 Å². The molecule has 2 heterocycles. The van der Waals surface area contributed by atoms with E-state index in [2.05, 4.69) is 41.6 Å². The molecule has 3 rings (SSSR count). The molecule has 26 heavy (non-hydrogen) atoms. The van der Waals surface area contributed by atoms with Crippen LogP contribution in [0.2, 0.25) is 0 Å². The minimum Gasteiger partial charge on any atom is -0.334 e. The van der Waals surface area contributed by atoms with Crippen molar-refractivity contribution in [2.24, 2.45) is 0 Å². The van der Waals surface area contributed by atoms with Crippen molar-refractivity contribution < 1.29 is 4.79 Å². The summed E-state index contributed by atoms with van der Waals surface area (Å²) in [5, 5.41) is 2.08. The first-order valence-corrected chi connectivity index (χ1v) is 9.93. The first-order valence-electron chi connectivity index (χ1n) is 9.05. The van der Waals surface area contributed by atoms with Crippen LogP contribution in [0, 0.1) is 0 Å². The van der Waals surface area contributed by atoms with Crippen molar-refractivity contribution in [3.63, 3.8) is 0 Å². The highest BCUT2D eigenvalue weighted by molar-refractivity contribution is 7.09. The first-order chi connectivity index (χ1) is 12.8. The van der Waals surface area contributed by atoms with Crippen LogP contribution < -0.4 is 0 Å². The standard InChI is InChI=1S/C22H24N2OS/c1-2-5-18-8-10-20(11-9-18)22(25)24(14-12-21-7-4-15-26-21)17-19-6-3-13-23-16-19/h3-4,6-11,13,15-16H,2,5,12,14,17H2,1H3. The number of carbonyl (C=O) groups excluding carboxylic acids is 1. The zero-order valence-electron chi connectivity index (χ0n) is 15.1. The predicted molar refractivity (Wildman–Crippen MR) is 107 cm³/mol. The number of pyridine rings is 1. The average Bonchev–Trinajstić information content (AvgIpc) is 3.20. The third-order valence-electron chi connectivity index (χ3n) is 4.33. The van der Waals surface area contributed by atoms with Crippen LogP contribution in [0.5, 0.6) is 0 Å². The smallest absolute Gasteiger partial charge is 0.254 e. The topological polar surface area (TPSA) is 33.2 Å². The van der Waals surface area contributed by atoms with E-state index in [0.717, 1.165) is 30.4 Å². The monoisotopic (exact) mass is 364 g/mol. The van der Waals surface area contributed by atoms with Crippen LogP contribution in [0.25, 0.3) is 0 Å². The number of carbonyl (C=O) groups is 1. The normalized spacial score (nSPS) is 10.7. The van der Waals surface area contributed by atoms with Gasteiger partial charge in [0.1, 0.15) is 0 Å². The van der Waals surface area contributed by atoms with E-state index >= 15 is 0 Å². The molecule has 3 aromatic rings. The van der Waals surface area contributed by atoms with Gasteiger partial charge in [-0.3, -0.25) is 9.78 Å². The second kappa shape index (κ2) is 9.30. The fourth-order valence-corrected chi connectivity index (χ4v) is 3.65. The molecule has 3 nitrogen and oxygen atoms in total. The second-order valence-corrected chi connectivity index (χ2v) is 7.40. The molecule has 0 atom stereocenters. The molecule has 1 amide bonds. The summed E-state index contributed by atoms with van der Waals surface area (Å²) in [5.41, 5.74) is 3.08. The largest absolute Gasteiger partial charge is 0.334 e. The molecule has 0 aliphatic heterocycles. The van der Waals surface area contributed by atoms with Gasteiger partial charge < -0.3 is 4.90 Å². The lowest BCUT2D eigenvalue weighted by molar-refractivity contribution is 0.0745. The van der Waals surface area contributed by atoms with Gasteiger partial charge in [-0.15, -0.1) is 11.3 Å². The highest BCUT2D eigenvalue weighted by Crippen LogP contribution is 2.15. The summed E-state index contributed by atoms with van der Waals surface area (Å²) < 4.78 is 0. The van der Waals surface area contributed by atoms with Gasteiger partial charge in [0.15, 0.2) is 0 Å². The van der Waals surface area contributed by atoms with E-state index in [1.165, 1.54) is 10.4 Å². The minimum atomic E-state index is 0.0773. The van der Waals surface area contributed by atoms with Gasteiger partial charge in [-0.25, -0.2) is 0 Å². The van der Waals surface area contributed by atoms with E-state index in [1.54, 1.807) is 17.5 Å². The number of rotatable bonds is 8. The van der Waals surface area contributed by atoms with E-state index < -0.39 is 0 Å². The molecule has 134 valence electrons. The fraction of sp³-hybridized carbons (Fsp3) is 0.273. The van der Waals surface area contributed by atoms with Crippen molar-refractivity contribution in [1.82, 2.24) is 9.88 Å². The zero-order chi connectivity index (χ0) is 18.2. The first kappa shape index (κ1) is 18.3. The Morgan fingerprint density at radius 1 is 1.04 bits per heavy atom. The molecule has 0 aliphatic carbocycles. The van der Waals surface area contributed by atoms with E-state index in [9.17, 15) is 4.79 Å². The van der Waals surface area contributed by atoms with Crippen molar-refractivity contribution in [3.8, 4) is 0 Å². The molecule has 2 aromatic heterocycles. The molecule has 0 saturated carbocycles. The van der Waals surface area contributed by atoms with Crippen LogP contribution in [0.1, 0.15) is 39.7 Å². The molecule has 0 aliphatic rings. The van der Waals surface area contributed by atoms with Crippen LogP contribution in [-0.2, 0) is 19.4 Å². The molecule has 0 unspecified atom stereocenters. The minimum absolute atomic E-state index is 0.0773. The quantitative estimate of drug-likeness (QED) is 0.565. The van der Waals surface area contributed by atoms with Crippen LogP contribution >= 0.6 is 11.3 Å². The molecule has 0 fully saturated rings. The molecule has 0 radical (unpaired) electrons. The van der Waals surface area contributed by atoms with Gasteiger partial charge in [-0.05, 0) is 53.6 Å². The number of nitrogens with zero attached hydrogens (tertiary/aromatic N) is 2. The summed E-state index contributed by atoms with van der Waals surface area (Å²) in [6.07, 6.45) is 6.62. The summed E-state index contributed by atoms with van der Waals surface area (Å²) in [7, 11) is 0. The SMILES string of the molecule is CCCc1ccc(C(=O)N(CCc2cccs2)Cc2cccnc2)cc1. The molecule has 0 spiro atoms. The van der Waals surface area contributed by atoms with Gasteiger partial charge in [0.25, 0.3) is 5.91 Å². The molecule has 0 bridgehead atoms. The maximum Gasteiger partial charge on any atom is 0.254 e. The molecule has 0 saturated heterocycles. The molecular formula is C22H24N2OS. The number of benzene rings is 1. The lowest BCUT2D eigenvalue weighted by Crippen LogP contribution is -2.32. The van der Waals surface area contributed by atoms with Crippen molar-refractivity contribution in [1.29, 1.82) is 0 Å². The third kappa shape index (κ3) is 5.02. The molecule has 0 N–H and O–H groups in total. The summed E-state index contributed by atoms with van der Waals surface area (Å²) in [6, 6.07) is 16.1. The van der Waals surface area contributed by atoms with Gasteiger partial charge in [0.2, 0.25) is 0 Å². The van der Waals surface area contributed by atoms with Crippen LogP contribution in [0.15, 0.2) is 66.3 Å². The average molecular weight is 365 g/mol. The van der Waals surface area contributed by atoms with Gasteiger partial charge in [0.05, 0.1) is 0 Å². The molecule has 4 heteroatoms. The van der Waals surface area contributed by atoms with Crippen molar-refractivity contribution in [2.45, 2.75) is 32.7 Å². The van der Waals surface area contributed by atoms with Crippen molar-refractivity contribution in [2.75, 3.05) is 6.54 Å². The highest BCUT2D eigenvalue weighted by atomic mass is 32.1. The van der Waals surface area contributed by atoms with Gasteiger partial charge in [0, 0.05) is 35.9 Å². The third-order valence-corrected chi connectivity index (χ3v) is 5.27. The maximum absolute atomic E-state index is 13.1. The fourth-order valence-electron chi connectivity index (χ4n) is 2.95. The lowest BCUT2D eigenvalue weighted by atomic mass is 10.1. The van der Waals surface area contributed by atoms with Gasteiger partial charge >= 0.3 is 0 Å². The van der Waals surface area contributed by atoms with E-state index in [4.69, 9.17) is 0 Å². The zero-order valence-corrected chi connectivity index (χ0v) is 15.9. The Kier molecular flexibility index (Phi) is 6.56. The number of hydrogen-bond acceptors (Lipinski definition) is 3. The van der Waals surface area contributed by atoms with Crippen molar-refractivity contribution >= 4 is 17.2 Å². The lowest BCUT2D eigenvalue weighted by Gasteiger charge is -2.23. The highest BCUT2D eigenvalue weighted by Gasteiger charge is 2.16. The number of aromatic nitrogens is 1. The van der Waals surface area contributed by atoms with Crippen LogP contribution in [0.4, 0.5) is 0 Å². The van der Waals surface area contributed by atoms with Crippen LogP contribution in [-0.4, -0.2) is 22.3 Å². The summed E-state index contributed by atoms with van der Waals surface area (Å²) in [6.45, 7) is 3.44. The Balaban J connectivity index is 1.75. The Morgan fingerprint density at radius 3 is 2.54 bits per heavy atom. The van der Waals surface area contributed by atoms with Crippen molar-refractivity contribution in [3.05, 3.63) is 87.9 Å². The van der Waals surface area contributed by atoms with Crippen LogP contribution in [0.3, 0.4) is 0 Å². The summed E-state index contributed by atoms with van der Waals surface area (Å²) in [5.74, 6) is 0.0773. The predicted octanol–water partition coefficient (Wildman–Crippen LogP) is 4.98. The van der Waals surface area contributed by atoms with E-state index in [1.807, 2.05) is 35.4 Å². The Bertz CT molecular complexity index is 798. The summed E-state index contributed by atoms with van der Waals surface area (Å²) >= 11 is 1.74. The second-order valence-electron chi connectivity index (χ2n) is 6.36. The summed E-state index contributed by atoms with van der Waals surface area (Å²) in [4.78, 5) is 20.5. The molecular weight excluding hydrogens is 340 g/mol. The number of thiophene rings is 1. The number of amides is 1. The van der Waals surface area contributed by atoms with E-state index in [-0.39, 0.29) is 5.91 Å².